The Hall–Kier alpha value is -0.0900. The Balaban J connectivity index is 3.63. The molecular formula is C11H24O3S. The highest BCUT2D eigenvalue weighted by molar-refractivity contribution is 7.91. The quantitative estimate of drug-likeness (QED) is 0.656. The van der Waals surface area contributed by atoms with Gasteiger partial charge in [-0.1, -0.05) is 20.8 Å². The van der Waals surface area contributed by atoms with Gasteiger partial charge >= 0.3 is 0 Å². The lowest BCUT2D eigenvalue weighted by molar-refractivity contribution is 0.114. The molecule has 0 saturated heterocycles. The van der Waals surface area contributed by atoms with Crippen LogP contribution >= 0.6 is 0 Å². The van der Waals surface area contributed by atoms with Gasteiger partial charge in [-0.25, -0.2) is 8.42 Å². The second kappa shape index (κ2) is 7.23. The predicted molar refractivity (Wildman–Crippen MR) is 63.6 cm³/mol. The molecule has 0 aromatic rings. The summed E-state index contributed by atoms with van der Waals surface area (Å²) in [7, 11) is -2.83. The molecule has 0 aliphatic carbocycles. The summed E-state index contributed by atoms with van der Waals surface area (Å²) in [6, 6.07) is 0. The van der Waals surface area contributed by atoms with Crippen molar-refractivity contribution in [1.29, 1.82) is 0 Å². The summed E-state index contributed by atoms with van der Waals surface area (Å²) in [5, 5.41) is 9.51. The van der Waals surface area contributed by atoms with E-state index in [0.29, 0.717) is 25.0 Å². The van der Waals surface area contributed by atoms with Crippen molar-refractivity contribution in [3.63, 3.8) is 0 Å². The average molecular weight is 236 g/mol. The molecule has 0 amide bonds. The first kappa shape index (κ1) is 14.9. The van der Waals surface area contributed by atoms with Crippen molar-refractivity contribution in [3.8, 4) is 0 Å². The van der Waals surface area contributed by atoms with Crippen molar-refractivity contribution in [2.75, 3.05) is 11.5 Å². The van der Waals surface area contributed by atoms with Crippen molar-refractivity contribution >= 4 is 9.84 Å². The normalized spacial score (nSPS) is 14.5. The van der Waals surface area contributed by atoms with Crippen molar-refractivity contribution in [2.45, 2.75) is 52.6 Å². The van der Waals surface area contributed by atoms with Gasteiger partial charge in [0.05, 0.1) is 11.9 Å². The van der Waals surface area contributed by atoms with Crippen molar-refractivity contribution in [3.05, 3.63) is 0 Å². The second-order valence-electron chi connectivity index (χ2n) is 4.46. The molecule has 0 radical (unpaired) electrons. The van der Waals surface area contributed by atoms with Crippen LogP contribution < -0.4 is 0 Å². The number of hydrogen-bond donors (Lipinski definition) is 1. The topological polar surface area (TPSA) is 54.4 Å². The number of aliphatic hydroxyl groups excluding tert-OH is 1. The molecule has 3 nitrogen and oxygen atoms in total. The fourth-order valence-electron chi connectivity index (χ4n) is 1.42. The van der Waals surface area contributed by atoms with Gasteiger partial charge < -0.3 is 5.11 Å². The Kier molecular flexibility index (Phi) is 7.18. The van der Waals surface area contributed by atoms with Crippen LogP contribution in [0.4, 0.5) is 0 Å². The molecule has 0 fully saturated rings. The number of sulfone groups is 1. The van der Waals surface area contributed by atoms with Gasteiger partial charge in [-0.2, -0.15) is 0 Å². The first-order valence-corrected chi connectivity index (χ1v) is 7.59. The highest BCUT2D eigenvalue weighted by Crippen LogP contribution is 2.10. The van der Waals surface area contributed by atoms with Crippen molar-refractivity contribution in [2.24, 2.45) is 5.92 Å². The monoisotopic (exact) mass is 236 g/mol. The van der Waals surface area contributed by atoms with E-state index in [1.54, 1.807) is 0 Å². The zero-order valence-corrected chi connectivity index (χ0v) is 10.9. The SMILES string of the molecule is CCCS(=O)(=O)CCCCC(O)C(C)C. The summed E-state index contributed by atoms with van der Waals surface area (Å²) in [5.41, 5.74) is 0. The lowest BCUT2D eigenvalue weighted by Crippen LogP contribution is -2.15. The molecule has 1 N–H and O–H groups in total. The van der Waals surface area contributed by atoms with Gasteiger partial charge in [0.25, 0.3) is 0 Å². The number of unbranched alkanes of at least 4 members (excludes halogenated alkanes) is 1. The van der Waals surface area contributed by atoms with E-state index >= 15 is 0 Å². The van der Waals surface area contributed by atoms with Crippen LogP contribution in [-0.4, -0.2) is 31.1 Å². The lowest BCUT2D eigenvalue weighted by atomic mass is 10.0. The van der Waals surface area contributed by atoms with Gasteiger partial charge in [0.1, 0.15) is 9.84 Å². The first-order valence-electron chi connectivity index (χ1n) is 5.77. The molecule has 92 valence electrons. The van der Waals surface area contributed by atoms with E-state index in [-0.39, 0.29) is 17.8 Å². The van der Waals surface area contributed by atoms with E-state index < -0.39 is 9.84 Å². The van der Waals surface area contributed by atoms with Crippen LogP contribution in [0.25, 0.3) is 0 Å². The van der Waals surface area contributed by atoms with E-state index in [4.69, 9.17) is 0 Å². The highest BCUT2D eigenvalue weighted by atomic mass is 32.2. The molecule has 1 unspecified atom stereocenters. The highest BCUT2D eigenvalue weighted by Gasteiger charge is 2.11. The fourth-order valence-corrected chi connectivity index (χ4v) is 2.89. The van der Waals surface area contributed by atoms with Gasteiger partial charge in [0, 0.05) is 5.75 Å². The minimum atomic E-state index is -2.83. The summed E-state index contributed by atoms with van der Waals surface area (Å²) >= 11 is 0. The minimum Gasteiger partial charge on any atom is -0.393 e. The molecule has 0 heterocycles. The molecule has 0 bridgehead atoms. The zero-order chi connectivity index (χ0) is 11.9. The predicted octanol–water partition coefficient (Wildman–Crippen LogP) is 2.00. The third kappa shape index (κ3) is 7.79. The number of hydrogen-bond acceptors (Lipinski definition) is 3. The maximum Gasteiger partial charge on any atom is 0.150 e. The zero-order valence-electron chi connectivity index (χ0n) is 10.1. The second-order valence-corrected chi connectivity index (χ2v) is 6.76. The van der Waals surface area contributed by atoms with Gasteiger partial charge in [0.15, 0.2) is 0 Å². The van der Waals surface area contributed by atoms with Gasteiger partial charge in [-0.05, 0) is 31.6 Å². The van der Waals surface area contributed by atoms with Crippen LogP contribution in [0.3, 0.4) is 0 Å². The fraction of sp³-hybridized carbons (Fsp3) is 1.00. The first-order chi connectivity index (χ1) is 6.89. The molecule has 0 aliphatic heterocycles. The number of aliphatic hydroxyl groups is 1. The molecule has 15 heavy (non-hydrogen) atoms. The van der Waals surface area contributed by atoms with E-state index in [1.165, 1.54) is 0 Å². The summed E-state index contributed by atoms with van der Waals surface area (Å²) in [6.07, 6.45) is 2.57. The van der Waals surface area contributed by atoms with Crippen molar-refractivity contribution < 1.29 is 13.5 Å². The van der Waals surface area contributed by atoms with Gasteiger partial charge in [-0.3, -0.25) is 0 Å². The maximum atomic E-state index is 11.3. The average Bonchev–Trinajstić information content (AvgIpc) is 2.11. The Morgan fingerprint density at radius 1 is 1.13 bits per heavy atom. The molecular weight excluding hydrogens is 212 g/mol. The largest absolute Gasteiger partial charge is 0.393 e. The minimum absolute atomic E-state index is 0.261. The summed E-state index contributed by atoms with van der Waals surface area (Å²) < 4.78 is 22.7. The molecule has 4 heteroatoms. The smallest absolute Gasteiger partial charge is 0.150 e. The molecule has 0 rings (SSSR count). The Bertz CT molecular complexity index is 245. The van der Waals surface area contributed by atoms with Crippen LogP contribution in [0.2, 0.25) is 0 Å². The van der Waals surface area contributed by atoms with Crippen molar-refractivity contribution in [1.82, 2.24) is 0 Å². The third-order valence-corrected chi connectivity index (χ3v) is 4.43. The van der Waals surface area contributed by atoms with E-state index in [0.717, 1.165) is 6.42 Å². The third-order valence-electron chi connectivity index (χ3n) is 2.49. The van der Waals surface area contributed by atoms with Crippen LogP contribution in [0.15, 0.2) is 0 Å². The summed E-state index contributed by atoms with van der Waals surface area (Å²) in [5.74, 6) is 0.822. The molecule has 0 aromatic heterocycles. The molecule has 0 spiro atoms. The standard InChI is InChI=1S/C11H24O3S/c1-4-8-15(13,14)9-6-5-7-11(12)10(2)3/h10-12H,4-9H2,1-3H3. The van der Waals surface area contributed by atoms with Crippen LogP contribution in [0.1, 0.15) is 46.5 Å². The van der Waals surface area contributed by atoms with Crippen LogP contribution in [0, 0.1) is 5.92 Å². The van der Waals surface area contributed by atoms with Crippen LogP contribution in [-0.2, 0) is 9.84 Å². The summed E-state index contributed by atoms with van der Waals surface area (Å²) in [6.45, 7) is 5.82. The molecule has 1 atom stereocenters. The molecule has 0 saturated carbocycles. The Morgan fingerprint density at radius 3 is 2.20 bits per heavy atom. The van der Waals surface area contributed by atoms with Gasteiger partial charge in [0.2, 0.25) is 0 Å². The van der Waals surface area contributed by atoms with Crippen LogP contribution in [0.5, 0.6) is 0 Å². The van der Waals surface area contributed by atoms with E-state index in [9.17, 15) is 13.5 Å². The lowest BCUT2D eigenvalue weighted by Gasteiger charge is -2.13. The van der Waals surface area contributed by atoms with Gasteiger partial charge in [-0.15, -0.1) is 0 Å². The maximum absolute atomic E-state index is 11.3. The molecule has 0 aromatic carbocycles. The van der Waals surface area contributed by atoms with E-state index in [2.05, 4.69) is 0 Å². The Morgan fingerprint density at radius 2 is 1.73 bits per heavy atom. The van der Waals surface area contributed by atoms with E-state index in [1.807, 2.05) is 20.8 Å². The molecule has 0 aliphatic rings. The number of rotatable bonds is 8. The summed E-state index contributed by atoms with van der Waals surface area (Å²) in [4.78, 5) is 0. The Labute approximate surface area is 93.8 Å².